The largest absolute Gasteiger partial charge is 0.302 e. The molecule has 0 radical (unpaired) electrons. The number of carbonyl (C=O) groups excluding carboxylic acids is 1. The predicted molar refractivity (Wildman–Crippen MR) is 92.4 cm³/mol. The fourth-order valence-electron chi connectivity index (χ4n) is 2.28. The Labute approximate surface area is 142 Å². The monoisotopic (exact) mass is 364 g/mol. The van der Waals surface area contributed by atoms with E-state index in [0.717, 1.165) is 28.1 Å². The highest BCUT2D eigenvalue weighted by atomic mass is 32.2. The zero-order valence-electron chi connectivity index (χ0n) is 12.8. The summed E-state index contributed by atoms with van der Waals surface area (Å²) in [6.07, 6.45) is 0.973. The molecule has 0 spiro atoms. The Balaban J connectivity index is 2.08. The summed E-state index contributed by atoms with van der Waals surface area (Å²) in [6, 6.07) is 9.38. The zero-order chi connectivity index (χ0) is 17.5. The molecule has 0 saturated carbocycles. The Hall–Kier alpha value is -2.32. The number of benzene rings is 2. The van der Waals surface area contributed by atoms with E-state index in [0.29, 0.717) is 10.7 Å². The van der Waals surface area contributed by atoms with Gasteiger partial charge in [-0.2, -0.15) is 0 Å². The highest BCUT2D eigenvalue weighted by Crippen LogP contribution is 2.31. The Bertz CT molecular complexity index is 1060. The van der Waals surface area contributed by atoms with E-state index >= 15 is 0 Å². The first kappa shape index (κ1) is 16.5. The van der Waals surface area contributed by atoms with Gasteiger partial charge in [0.05, 0.1) is 10.2 Å². The molecule has 24 heavy (non-hydrogen) atoms. The van der Waals surface area contributed by atoms with E-state index in [9.17, 15) is 17.6 Å². The number of amides is 1. The van der Waals surface area contributed by atoms with Gasteiger partial charge in [0.2, 0.25) is 5.91 Å². The maximum absolute atomic E-state index is 13.7. The van der Waals surface area contributed by atoms with E-state index in [4.69, 9.17) is 0 Å². The molecule has 1 N–H and O–H groups in total. The molecule has 8 heteroatoms. The first-order chi connectivity index (χ1) is 11.2. The molecule has 1 amide bonds. The molecule has 1 heterocycles. The molecule has 0 fully saturated rings. The second-order valence-electron chi connectivity index (χ2n) is 5.30. The third-order valence-corrected chi connectivity index (χ3v) is 5.38. The number of hydrogen-bond donors (Lipinski definition) is 1. The summed E-state index contributed by atoms with van der Waals surface area (Å²) in [5.41, 5.74) is 2.05. The van der Waals surface area contributed by atoms with Crippen LogP contribution in [0.2, 0.25) is 0 Å². The van der Waals surface area contributed by atoms with Crippen LogP contribution in [-0.2, 0) is 14.6 Å². The quantitative estimate of drug-likeness (QED) is 0.772. The van der Waals surface area contributed by atoms with Gasteiger partial charge in [-0.15, -0.1) is 0 Å². The summed E-state index contributed by atoms with van der Waals surface area (Å²) >= 11 is 1.31. The lowest BCUT2D eigenvalue weighted by atomic mass is 10.1. The van der Waals surface area contributed by atoms with E-state index in [1.54, 1.807) is 12.1 Å². The Morgan fingerprint density at radius 3 is 2.50 bits per heavy atom. The minimum absolute atomic E-state index is 0.203. The number of sulfone groups is 1. The van der Waals surface area contributed by atoms with Crippen LogP contribution in [0.1, 0.15) is 6.92 Å². The van der Waals surface area contributed by atoms with Gasteiger partial charge in [0.15, 0.2) is 15.0 Å². The number of nitrogens with one attached hydrogen (secondary N) is 1. The highest BCUT2D eigenvalue weighted by molar-refractivity contribution is 7.90. The lowest BCUT2D eigenvalue weighted by Crippen LogP contribution is -2.04. The number of fused-ring (bicyclic) bond motifs is 1. The molecule has 0 aliphatic rings. The molecule has 0 atom stereocenters. The van der Waals surface area contributed by atoms with Gasteiger partial charge in [-0.3, -0.25) is 4.79 Å². The van der Waals surface area contributed by atoms with Crippen LogP contribution in [-0.4, -0.2) is 25.6 Å². The van der Waals surface area contributed by atoms with Crippen molar-refractivity contribution >= 4 is 42.4 Å². The molecular weight excluding hydrogens is 351 g/mol. The van der Waals surface area contributed by atoms with Crippen molar-refractivity contribution in [2.75, 3.05) is 11.6 Å². The van der Waals surface area contributed by atoms with Crippen LogP contribution in [0.5, 0.6) is 0 Å². The minimum atomic E-state index is -3.65. The van der Waals surface area contributed by atoms with E-state index in [1.165, 1.54) is 30.4 Å². The maximum Gasteiger partial charge on any atom is 0.223 e. The van der Waals surface area contributed by atoms with Gasteiger partial charge in [-0.25, -0.2) is 17.8 Å². The number of thiazole rings is 1. The van der Waals surface area contributed by atoms with Gasteiger partial charge in [0.25, 0.3) is 0 Å². The van der Waals surface area contributed by atoms with Gasteiger partial charge in [0.1, 0.15) is 10.7 Å². The fourth-order valence-corrected chi connectivity index (χ4v) is 3.99. The smallest absolute Gasteiger partial charge is 0.223 e. The predicted octanol–water partition coefficient (Wildman–Crippen LogP) is 3.46. The first-order valence-electron chi connectivity index (χ1n) is 6.92. The van der Waals surface area contributed by atoms with Gasteiger partial charge < -0.3 is 5.32 Å². The number of halogens is 1. The third kappa shape index (κ3) is 3.29. The number of anilines is 1. The standard InChI is InChI=1S/C16H13FN2O3S2/c1-9(20)18-16-19-13-6-4-10(7-14(13)23-16)11-3-5-12(17)15(8-11)24(2,21)22/h3-8H,1-2H3,(H,18,19,20). The Morgan fingerprint density at radius 1 is 1.17 bits per heavy atom. The topological polar surface area (TPSA) is 76.1 Å². The maximum atomic E-state index is 13.7. The summed E-state index contributed by atoms with van der Waals surface area (Å²) in [6.45, 7) is 1.41. The van der Waals surface area contributed by atoms with Crippen LogP contribution in [0.25, 0.3) is 21.3 Å². The number of nitrogens with zero attached hydrogens (tertiary/aromatic N) is 1. The molecule has 124 valence electrons. The second-order valence-corrected chi connectivity index (χ2v) is 8.31. The van der Waals surface area contributed by atoms with Crippen molar-refractivity contribution in [3.05, 3.63) is 42.2 Å². The summed E-state index contributed by atoms with van der Waals surface area (Å²) in [7, 11) is -3.65. The van der Waals surface area contributed by atoms with Gasteiger partial charge in [0, 0.05) is 13.2 Å². The van der Waals surface area contributed by atoms with E-state index in [2.05, 4.69) is 10.3 Å². The van der Waals surface area contributed by atoms with Crippen LogP contribution >= 0.6 is 11.3 Å². The van der Waals surface area contributed by atoms with Crippen molar-refractivity contribution in [3.8, 4) is 11.1 Å². The number of aromatic nitrogens is 1. The molecule has 3 rings (SSSR count). The SMILES string of the molecule is CC(=O)Nc1nc2ccc(-c3ccc(F)c(S(C)(=O)=O)c3)cc2s1. The minimum Gasteiger partial charge on any atom is -0.302 e. The number of hydrogen-bond acceptors (Lipinski definition) is 5. The van der Waals surface area contributed by atoms with Crippen molar-refractivity contribution in [2.45, 2.75) is 11.8 Å². The summed E-state index contributed by atoms with van der Waals surface area (Å²) in [5, 5.41) is 3.12. The normalized spacial score (nSPS) is 11.6. The highest BCUT2D eigenvalue weighted by Gasteiger charge is 2.15. The van der Waals surface area contributed by atoms with Crippen LogP contribution in [0, 0.1) is 5.82 Å². The zero-order valence-corrected chi connectivity index (χ0v) is 14.5. The van der Waals surface area contributed by atoms with E-state index in [1.807, 2.05) is 6.07 Å². The van der Waals surface area contributed by atoms with E-state index in [-0.39, 0.29) is 10.8 Å². The molecule has 0 bridgehead atoms. The molecule has 1 aromatic heterocycles. The summed E-state index contributed by atoms with van der Waals surface area (Å²) in [4.78, 5) is 15.1. The number of carbonyl (C=O) groups is 1. The van der Waals surface area contributed by atoms with Gasteiger partial charge in [-0.05, 0) is 35.4 Å². The van der Waals surface area contributed by atoms with Gasteiger partial charge >= 0.3 is 0 Å². The van der Waals surface area contributed by atoms with Crippen LogP contribution in [0.3, 0.4) is 0 Å². The van der Waals surface area contributed by atoms with Crippen LogP contribution in [0.4, 0.5) is 9.52 Å². The molecule has 0 saturated heterocycles. The fraction of sp³-hybridized carbons (Fsp3) is 0.125. The lowest BCUT2D eigenvalue weighted by molar-refractivity contribution is -0.114. The molecular formula is C16H13FN2O3S2. The molecule has 0 unspecified atom stereocenters. The Morgan fingerprint density at radius 2 is 1.83 bits per heavy atom. The second kappa shape index (κ2) is 5.95. The van der Waals surface area contributed by atoms with E-state index < -0.39 is 15.7 Å². The molecule has 0 aliphatic carbocycles. The third-order valence-electron chi connectivity index (χ3n) is 3.34. The van der Waals surface area contributed by atoms with Crippen molar-refractivity contribution in [1.82, 2.24) is 4.98 Å². The average Bonchev–Trinajstić information content (AvgIpc) is 2.86. The molecule has 5 nitrogen and oxygen atoms in total. The lowest BCUT2D eigenvalue weighted by Gasteiger charge is -2.06. The van der Waals surface area contributed by atoms with Crippen LogP contribution < -0.4 is 5.32 Å². The average molecular weight is 364 g/mol. The van der Waals surface area contributed by atoms with Gasteiger partial charge in [-0.1, -0.05) is 23.5 Å². The van der Waals surface area contributed by atoms with Crippen molar-refractivity contribution in [1.29, 1.82) is 0 Å². The first-order valence-corrected chi connectivity index (χ1v) is 9.63. The Kier molecular flexibility index (Phi) is 4.10. The molecule has 3 aromatic rings. The van der Waals surface area contributed by atoms with Crippen molar-refractivity contribution < 1.29 is 17.6 Å². The summed E-state index contributed by atoms with van der Waals surface area (Å²) < 4.78 is 37.9. The van der Waals surface area contributed by atoms with Crippen LogP contribution in [0.15, 0.2) is 41.3 Å². The summed E-state index contributed by atoms with van der Waals surface area (Å²) in [5.74, 6) is -0.973. The van der Waals surface area contributed by atoms with Crippen molar-refractivity contribution in [3.63, 3.8) is 0 Å². The van der Waals surface area contributed by atoms with Crippen molar-refractivity contribution in [2.24, 2.45) is 0 Å². The molecule has 2 aromatic carbocycles. The molecule has 0 aliphatic heterocycles. The number of rotatable bonds is 3.